The third kappa shape index (κ3) is 2.85. The van der Waals surface area contributed by atoms with Crippen molar-refractivity contribution in [2.75, 3.05) is 18.4 Å². The fourth-order valence-corrected chi connectivity index (χ4v) is 2.38. The van der Waals surface area contributed by atoms with E-state index in [9.17, 15) is 18.0 Å². The molecule has 1 aromatic heterocycles. The molecule has 0 unspecified atom stereocenters. The number of aromatic nitrogens is 1. The van der Waals surface area contributed by atoms with Gasteiger partial charge in [0.05, 0.1) is 11.2 Å². The second kappa shape index (κ2) is 5.54. The number of nitrogens with zero attached hydrogens (tertiary/aromatic N) is 1. The number of carbonyl (C=O) groups is 1. The number of hydrogen-bond acceptors (Lipinski definition) is 3. The summed E-state index contributed by atoms with van der Waals surface area (Å²) in [6.45, 7) is 2.85. The lowest BCUT2D eigenvalue weighted by Gasteiger charge is -1.98. The Morgan fingerprint density at radius 2 is 2.16 bits per heavy atom. The molecule has 0 radical (unpaired) electrons. The van der Waals surface area contributed by atoms with Crippen LogP contribution in [0.1, 0.15) is 6.92 Å². The predicted octanol–water partition coefficient (Wildman–Crippen LogP) is 1.24. The zero-order valence-electron chi connectivity index (χ0n) is 9.97. The van der Waals surface area contributed by atoms with Crippen molar-refractivity contribution in [3.63, 3.8) is 0 Å². The smallest absolute Gasteiger partial charge is 0.281 e. The number of benzene rings is 1. The first-order valence-electron chi connectivity index (χ1n) is 5.58. The predicted molar refractivity (Wildman–Crippen MR) is 65.5 cm³/mol. The SMILES string of the molecule is CC[NH2+]CC(=O)Nc1nc2c(F)c(F)c(F)cc2s1. The molecule has 0 aliphatic carbocycles. The number of thiazole rings is 1. The van der Waals surface area contributed by atoms with Crippen molar-refractivity contribution in [1.82, 2.24) is 4.98 Å². The lowest BCUT2D eigenvalue weighted by molar-refractivity contribution is -0.640. The molecular weight excluding hydrogens is 279 g/mol. The van der Waals surface area contributed by atoms with Crippen molar-refractivity contribution in [2.24, 2.45) is 0 Å². The molecule has 19 heavy (non-hydrogen) atoms. The largest absolute Gasteiger partial charge is 0.339 e. The number of carbonyl (C=O) groups excluding carboxylic acids is 1. The van der Waals surface area contributed by atoms with E-state index in [2.05, 4.69) is 10.3 Å². The third-order valence-electron chi connectivity index (χ3n) is 2.39. The molecule has 0 aliphatic heterocycles. The Morgan fingerprint density at radius 3 is 2.84 bits per heavy atom. The molecule has 0 saturated heterocycles. The summed E-state index contributed by atoms with van der Waals surface area (Å²) in [6, 6.07) is 0.860. The van der Waals surface area contributed by atoms with Gasteiger partial charge in [-0.25, -0.2) is 18.2 Å². The summed E-state index contributed by atoms with van der Waals surface area (Å²) in [5.74, 6) is -4.48. The van der Waals surface area contributed by atoms with E-state index in [1.807, 2.05) is 6.92 Å². The molecule has 0 aliphatic rings. The van der Waals surface area contributed by atoms with Crippen LogP contribution in [-0.2, 0) is 4.79 Å². The number of nitrogens with two attached hydrogens (primary N) is 1. The Kier molecular flexibility index (Phi) is 4.01. The molecule has 8 heteroatoms. The average molecular weight is 290 g/mol. The maximum atomic E-state index is 13.4. The Morgan fingerprint density at radius 1 is 1.42 bits per heavy atom. The lowest BCUT2D eigenvalue weighted by atomic mass is 10.3. The summed E-state index contributed by atoms with van der Waals surface area (Å²) in [6.07, 6.45) is 0. The van der Waals surface area contributed by atoms with Crippen LogP contribution >= 0.6 is 11.3 Å². The van der Waals surface area contributed by atoms with Gasteiger partial charge in [-0.1, -0.05) is 11.3 Å². The molecular formula is C11H11F3N3OS+. The lowest BCUT2D eigenvalue weighted by Crippen LogP contribution is -2.85. The average Bonchev–Trinajstić information content (AvgIpc) is 2.76. The van der Waals surface area contributed by atoms with Crippen LogP contribution in [0.25, 0.3) is 10.2 Å². The number of hydrogen-bond donors (Lipinski definition) is 2. The summed E-state index contributed by atoms with van der Waals surface area (Å²) >= 11 is 0.892. The summed E-state index contributed by atoms with van der Waals surface area (Å²) in [5.41, 5.74) is -0.279. The Balaban J connectivity index is 2.27. The molecule has 4 nitrogen and oxygen atoms in total. The molecule has 2 rings (SSSR count). The van der Waals surface area contributed by atoms with Gasteiger partial charge in [-0.05, 0) is 13.0 Å². The molecule has 0 saturated carbocycles. The van der Waals surface area contributed by atoms with Crippen LogP contribution in [0.2, 0.25) is 0 Å². The van der Waals surface area contributed by atoms with Gasteiger partial charge in [-0.3, -0.25) is 10.1 Å². The first-order chi connectivity index (χ1) is 9.02. The molecule has 0 fully saturated rings. The number of rotatable bonds is 4. The quantitative estimate of drug-likeness (QED) is 0.832. The Hall–Kier alpha value is -1.67. The minimum absolute atomic E-state index is 0.119. The van der Waals surface area contributed by atoms with Gasteiger partial charge in [0.15, 0.2) is 29.1 Å². The molecule has 0 bridgehead atoms. The highest BCUT2D eigenvalue weighted by Crippen LogP contribution is 2.30. The van der Waals surface area contributed by atoms with Crippen molar-refractivity contribution < 1.29 is 23.3 Å². The van der Waals surface area contributed by atoms with Gasteiger partial charge in [0.2, 0.25) is 0 Å². The van der Waals surface area contributed by atoms with Gasteiger partial charge in [0.25, 0.3) is 5.91 Å². The van der Waals surface area contributed by atoms with Crippen molar-refractivity contribution in [2.45, 2.75) is 6.92 Å². The first-order valence-corrected chi connectivity index (χ1v) is 6.40. The second-order valence-electron chi connectivity index (χ2n) is 3.80. The van der Waals surface area contributed by atoms with Crippen molar-refractivity contribution in [3.8, 4) is 0 Å². The highest BCUT2D eigenvalue weighted by molar-refractivity contribution is 7.22. The summed E-state index contributed by atoms with van der Waals surface area (Å²) < 4.78 is 39.6. The molecule has 1 heterocycles. The van der Waals surface area contributed by atoms with Gasteiger partial charge in [-0.2, -0.15) is 0 Å². The summed E-state index contributed by atoms with van der Waals surface area (Å²) in [5, 5.41) is 4.34. The van der Waals surface area contributed by atoms with E-state index in [1.54, 1.807) is 5.32 Å². The molecule has 2 aromatic rings. The van der Waals surface area contributed by atoms with Crippen molar-refractivity contribution in [3.05, 3.63) is 23.5 Å². The van der Waals surface area contributed by atoms with Crippen LogP contribution in [0.15, 0.2) is 6.07 Å². The number of likely N-dealkylation sites (N-methyl/N-ethyl adjacent to an activating group) is 1. The number of amides is 1. The number of halogens is 3. The van der Waals surface area contributed by atoms with Gasteiger partial charge < -0.3 is 5.32 Å². The fraction of sp³-hybridized carbons (Fsp3) is 0.273. The number of nitrogens with one attached hydrogen (secondary N) is 1. The van der Waals surface area contributed by atoms with E-state index in [-0.39, 0.29) is 27.8 Å². The standard InChI is InChI=1S/C11H10F3N3OS/c1-2-15-4-7(18)16-11-17-10-6(19-11)3-5(12)8(13)9(10)14/h3,15H,2,4H2,1H3,(H,16,17,18)/p+1. The van der Waals surface area contributed by atoms with Crippen LogP contribution < -0.4 is 10.6 Å². The van der Waals surface area contributed by atoms with E-state index in [0.717, 1.165) is 23.9 Å². The normalized spacial score (nSPS) is 10.9. The van der Waals surface area contributed by atoms with E-state index in [4.69, 9.17) is 0 Å². The minimum Gasteiger partial charge on any atom is -0.339 e. The van der Waals surface area contributed by atoms with E-state index in [0.29, 0.717) is 0 Å². The number of anilines is 1. The number of quaternary nitrogens is 1. The van der Waals surface area contributed by atoms with Crippen LogP contribution in [0.5, 0.6) is 0 Å². The van der Waals surface area contributed by atoms with Gasteiger partial charge >= 0.3 is 0 Å². The van der Waals surface area contributed by atoms with Gasteiger partial charge in [0, 0.05) is 0 Å². The summed E-state index contributed by atoms with van der Waals surface area (Å²) in [4.78, 5) is 15.2. The third-order valence-corrected chi connectivity index (χ3v) is 3.30. The van der Waals surface area contributed by atoms with E-state index in [1.165, 1.54) is 0 Å². The fourth-order valence-electron chi connectivity index (χ4n) is 1.47. The molecule has 1 amide bonds. The monoisotopic (exact) mass is 290 g/mol. The highest BCUT2D eigenvalue weighted by atomic mass is 32.1. The Labute approximate surface area is 110 Å². The first kappa shape index (κ1) is 13.8. The van der Waals surface area contributed by atoms with Crippen LogP contribution in [0.3, 0.4) is 0 Å². The maximum Gasteiger partial charge on any atom is 0.281 e. The molecule has 0 spiro atoms. The van der Waals surface area contributed by atoms with E-state index < -0.39 is 17.5 Å². The second-order valence-corrected chi connectivity index (χ2v) is 4.83. The molecule has 0 atom stereocenters. The zero-order valence-corrected chi connectivity index (χ0v) is 10.8. The molecule has 102 valence electrons. The topological polar surface area (TPSA) is 58.6 Å². The van der Waals surface area contributed by atoms with Crippen LogP contribution in [0, 0.1) is 17.5 Å². The highest BCUT2D eigenvalue weighted by Gasteiger charge is 2.18. The van der Waals surface area contributed by atoms with Gasteiger partial charge in [0.1, 0.15) is 5.52 Å². The zero-order chi connectivity index (χ0) is 14.0. The minimum atomic E-state index is -1.56. The number of fused-ring (bicyclic) bond motifs is 1. The molecule has 1 aromatic carbocycles. The van der Waals surface area contributed by atoms with Crippen molar-refractivity contribution >= 4 is 32.6 Å². The Bertz CT molecular complexity index is 629. The van der Waals surface area contributed by atoms with Gasteiger partial charge in [-0.15, -0.1) is 0 Å². The summed E-state index contributed by atoms with van der Waals surface area (Å²) in [7, 11) is 0. The van der Waals surface area contributed by atoms with Crippen LogP contribution in [-0.4, -0.2) is 24.0 Å². The van der Waals surface area contributed by atoms with Crippen molar-refractivity contribution in [1.29, 1.82) is 0 Å². The maximum absolute atomic E-state index is 13.4. The van der Waals surface area contributed by atoms with Crippen LogP contribution in [0.4, 0.5) is 18.3 Å². The van der Waals surface area contributed by atoms with E-state index >= 15 is 0 Å². The molecule has 3 N–H and O–H groups in total.